The highest BCUT2D eigenvalue weighted by atomic mass is 16.5. The minimum absolute atomic E-state index is 0.316. The first-order valence-electron chi connectivity index (χ1n) is 7.63. The van der Waals surface area contributed by atoms with E-state index in [2.05, 4.69) is 6.92 Å². The van der Waals surface area contributed by atoms with E-state index in [9.17, 15) is 4.79 Å². The summed E-state index contributed by atoms with van der Waals surface area (Å²) in [6, 6.07) is 10.5. The molecule has 2 radical (unpaired) electrons. The molecule has 0 saturated heterocycles. The standard InChI is InChI=1S/C18H20BNO3/c1-3-4-10-22-15-11-14(19)17(20)12(2)16(15)18(21)23-13-8-6-5-7-9-13/h5-9,11H,3-4,10,20H2,1-2H3. The Balaban J connectivity index is 2.34. The molecule has 0 amide bonds. The lowest BCUT2D eigenvalue weighted by molar-refractivity contribution is 0.0729. The minimum Gasteiger partial charge on any atom is -0.493 e. The monoisotopic (exact) mass is 309 g/mol. The van der Waals surface area contributed by atoms with Gasteiger partial charge in [-0.25, -0.2) is 4.79 Å². The Hall–Kier alpha value is -2.43. The average Bonchev–Trinajstić information content (AvgIpc) is 2.54. The van der Waals surface area contributed by atoms with Crippen LogP contribution in [0.3, 0.4) is 0 Å². The fourth-order valence-corrected chi connectivity index (χ4v) is 2.17. The maximum atomic E-state index is 12.6. The molecule has 2 aromatic carbocycles. The van der Waals surface area contributed by atoms with E-state index in [-0.39, 0.29) is 0 Å². The van der Waals surface area contributed by atoms with E-state index in [1.54, 1.807) is 37.3 Å². The third-order valence-corrected chi connectivity index (χ3v) is 3.54. The first-order valence-corrected chi connectivity index (χ1v) is 7.63. The summed E-state index contributed by atoms with van der Waals surface area (Å²) in [5, 5.41) is 0. The Morgan fingerprint density at radius 2 is 1.96 bits per heavy atom. The van der Waals surface area contributed by atoms with Gasteiger partial charge in [0, 0.05) is 5.69 Å². The zero-order valence-corrected chi connectivity index (χ0v) is 13.5. The number of carbonyl (C=O) groups is 1. The Morgan fingerprint density at radius 1 is 1.26 bits per heavy atom. The van der Waals surface area contributed by atoms with Gasteiger partial charge in [0.25, 0.3) is 0 Å². The van der Waals surface area contributed by atoms with Crippen molar-refractivity contribution in [2.75, 3.05) is 12.3 Å². The molecule has 0 atom stereocenters. The third kappa shape index (κ3) is 4.06. The van der Waals surface area contributed by atoms with Gasteiger partial charge in [-0.05, 0) is 37.1 Å². The molecule has 118 valence electrons. The molecular weight excluding hydrogens is 289 g/mol. The van der Waals surface area contributed by atoms with Gasteiger partial charge in [0.2, 0.25) is 0 Å². The van der Waals surface area contributed by atoms with E-state index in [1.165, 1.54) is 0 Å². The van der Waals surface area contributed by atoms with Gasteiger partial charge in [-0.15, -0.1) is 0 Å². The van der Waals surface area contributed by atoms with Crippen molar-refractivity contribution in [3.05, 3.63) is 47.5 Å². The van der Waals surface area contributed by atoms with Crippen molar-refractivity contribution in [3.63, 3.8) is 0 Å². The number of nitrogen functional groups attached to an aromatic ring is 1. The lowest BCUT2D eigenvalue weighted by atomic mass is 9.89. The van der Waals surface area contributed by atoms with Crippen LogP contribution in [-0.2, 0) is 0 Å². The lowest BCUT2D eigenvalue weighted by Gasteiger charge is -2.17. The molecule has 0 heterocycles. The van der Waals surface area contributed by atoms with Gasteiger partial charge < -0.3 is 15.2 Å². The highest BCUT2D eigenvalue weighted by Gasteiger charge is 2.21. The second-order valence-corrected chi connectivity index (χ2v) is 5.28. The SMILES string of the molecule is [B]c1cc(OCCCC)c(C(=O)Oc2ccccc2)c(C)c1N. The first kappa shape index (κ1) is 16.9. The number of esters is 1. The molecular formula is C18H20BNO3. The molecule has 0 aliphatic carbocycles. The van der Waals surface area contributed by atoms with Crippen molar-refractivity contribution in [2.24, 2.45) is 0 Å². The van der Waals surface area contributed by atoms with Crippen molar-refractivity contribution in [1.29, 1.82) is 0 Å². The summed E-state index contributed by atoms with van der Waals surface area (Å²) in [5.74, 6) is 0.363. The number of carbonyl (C=O) groups excluding carboxylic acids is 1. The van der Waals surface area contributed by atoms with Gasteiger partial charge in [-0.2, -0.15) is 0 Å². The summed E-state index contributed by atoms with van der Waals surface area (Å²) in [7, 11) is 5.89. The van der Waals surface area contributed by atoms with Crippen molar-refractivity contribution in [1.82, 2.24) is 0 Å². The van der Waals surface area contributed by atoms with Gasteiger partial charge in [0.15, 0.2) is 0 Å². The highest BCUT2D eigenvalue weighted by molar-refractivity contribution is 6.36. The molecule has 0 bridgehead atoms. The molecule has 2 rings (SSSR count). The van der Waals surface area contributed by atoms with Crippen LogP contribution in [0.5, 0.6) is 11.5 Å². The second-order valence-electron chi connectivity index (χ2n) is 5.28. The molecule has 23 heavy (non-hydrogen) atoms. The zero-order valence-electron chi connectivity index (χ0n) is 13.5. The van der Waals surface area contributed by atoms with Crippen LogP contribution in [0.15, 0.2) is 36.4 Å². The number of para-hydroxylation sites is 1. The lowest BCUT2D eigenvalue weighted by Crippen LogP contribution is -2.20. The van der Waals surface area contributed by atoms with Crippen LogP contribution in [0.2, 0.25) is 0 Å². The van der Waals surface area contributed by atoms with Crippen LogP contribution >= 0.6 is 0 Å². The first-order chi connectivity index (χ1) is 11.0. The molecule has 2 aromatic rings. The van der Waals surface area contributed by atoms with E-state index in [0.717, 1.165) is 12.8 Å². The van der Waals surface area contributed by atoms with Gasteiger partial charge in [0.05, 0.1) is 6.61 Å². The van der Waals surface area contributed by atoms with Crippen LogP contribution in [0, 0.1) is 6.92 Å². The predicted molar refractivity (Wildman–Crippen MR) is 92.8 cm³/mol. The maximum Gasteiger partial charge on any atom is 0.347 e. The van der Waals surface area contributed by atoms with Gasteiger partial charge >= 0.3 is 5.97 Å². The van der Waals surface area contributed by atoms with Crippen molar-refractivity contribution >= 4 is 25.0 Å². The van der Waals surface area contributed by atoms with Crippen LogP contribution in [-0.4, -0.2) is 20.4 Å². The average molecular weight is 309 g/mol. The van der Waals surface area contributed by atoms with Crippen molar-refractivity contribution in [2.45, 2.75) is 26.7 Å². The second kappa shape index (κ2) is 7.72. The Bertz CT molecular complexity index is 686. The summed E-state index contributed by atoms with van der Waals surface area (Å²) in [6.07, 6.45) is 1.88. The number of nitrogens with two attached hydrogens (primary N) is 1. The molecule has 0 saturated carbocycles. The van der Waals surface area contributed by atoms with Crippen LogP contribution in [0.1, 0.15) is 35.7 Å². The maximum absolute atomic E-state index is 12.6. The summed E-state index contributed by atoms with van der Waals surface area (Å²) >= 11 is 0. The van der Waals surface area contributed by atoms with Gasteiger partial charge in [0.1, 0.15) is 24.9 Å². The van der Waals surface area contributed by atoms with E-state index < -0.39 is 5.97 Å². The molecule has 0 spiro atoms. The summed E-state index contributed by atoms with van der Waals surface area (Å²) < 4.78 is 11.1. The topological polar surface area (TPSA) is 61.5 Å². The molecule has 5 heteroatoms. The molecule has 2 N–H and O–H groups in total. The Kier molecular flexibility index (Phi) is 5.69. The van der Waals surface area contributed by atoms with Crippen LogP contribution in [0.25, 0.3) is 0 Å². The number of benzene rings is 2. The fourth-order valence-electron chi connectivity index (χ4n) is 2.17. The third-order valence-electron chi connectivity index (χ3n) is 3.54. The number of ether oxygens (including phenoxy) is 2. The molecule has 0 unspecified atom stereocenters. The predicted octanol–water partition coefficient (Wildman–Crippen LogP) is 2.77. The molecule has 0 aromatic heterocycles. The van der Waals surface area contributed by atoms with Crippen molar-refractivity contribution < 1.29 is 14.3 Å². The minimum atomic E-state index is -0.508. The number of hydrogen-bond acceptors (Lipinski definition) is 4. The fraction of sp³-hybridized carbons (Fsp3) is 0.278. The van der Waals surface area contributed by atoms with Gasteiger partial charge in [-0.1, -0.05) is 37.0 Å². The van der Waals surface area contributed by atoms with Crippen LogP contribution < -0.4 is 20.7 Å². The molecule has 0 aliphatic heterocycles. The largest absolute Gasteiger partial charge is 0.493 e. The summed E-state index contributed by atoms with van der Waals surface area (Å²) in [6.45, 7) is 4.31. The summed E-state index contributed by atoms with van der Waals surface area (Å²) in [5.41, 5.74) is 7.59. The van der Waals surface area contributed by atoms with Crippen molar-refractivity contribution in [3.8, 4) is 11.5 Å². The summed E-state index contributed by atoms with van der Waals surface area (Å²) in [4.78, 5) is 12.6. The number of anilines is 1. The van der Waals surface area contributed by atoms with E-state index in [1.807, 2.05) is 6.07 Å². The smallest absolute Gasteiger partial charge is 0.347 e. The van der Waals surface area contributed by atoms with Crippen LogP contribution in [0.4, 0.5) is 5.69 Å². The number of hydrogen-bond donors (Lipinski definition) is 1. The Labute approximate surface area is 138 Å². The zero-order chi connectivity index (χ0) is 16.8. The molecule has 4 nitrogen and oxygen atoms in total. The normalized spacial score (nSPS) is 10.3. The van der Waals surface area contributed by atoms with Gasteiger partial charge in [-0.3, -0.25) is 0 Å². The van der Waals surface area contributed by atoms with E-state index in [4.69, 9.17) is 23.1 Å². The number of unbranched alkanes of at least 4 members (excludes halogenated alkanes) is 1. The highest BCUT2D eigenvalue weighted by Crippen LogP contribution is 2.27. The Morgan fingerprint density at radius 3 is 2.61 bits per heavy atom. The molecule has 0 fully saturated rings. The van der Waals surface area contributed by atoms with E-state index >= 15 is 0 Å². The molecule has 0 aliphatic rings. The quantitative estimate of drug-likeness (QED) is 0.293. The van der Waals surface area contributed by atoms with E-state index in [0.29, 0.717) is 40.4 Å². The number of rotatable bonds is 6.